The van der Waals surface area contributed by atoms with E-state index in [4.69, 9.17) is 9.84 Å². The van der Waals surface area contributed by atoms with Gasteiger partial charge in [-0.15, -0.1) is 0 Å². The van der Waals surface area contributed by atoms with Crippen LogP contribution in [0.15, 0.2) is 36.5 Å². The molecule has 86 valence electrons. The summed E-state index contributed by atoms with van der Waals surface area (Å²) >= 11 is 0. The smallest absolute Gasteiger partial charge is 0.354 e. The van der Waals surface area contributed by atoms with Gasteiger partial charge in [-0.2, -0.15) is 4.98 Å². The number of hydrogen-bond donors (Lipinski definition) is 1. The molecule has 1 heterocycles. The quantitative estimate of drug-likeness (QED) is 0.880. The number of aromatic nitrogens is 2. The zero-order valence-electron chi connectivity index (χ0n) is 8.50. The molecule has 1 aromatic heterocycles. The number of aromatic carboxylic acids is 1. The molecule has 0 saturated heterocycles. The largest absolute Gasteiger partial charge is 0.477 e. The zero-order valence-corrected chi connectivity index (χ0v) is 8.50. The van der Waals surface area contributed by atoms with Gasteiger partial charge in [-0.3, -0.25) is 0 Å². The van der Waals surface area contributed by atoms with Crippen molar-refractivity contribution < 1.29 is 19.0 Å². The van der Waals surface area contributed by atoms with E-state index in [2.05, 4.69) is 9.97 Å². The summed E-state index contributed by atoms with van der Waals surface area (Å²) in [4.78, 5) is 18.0. The number of halogens is 1. The summed E-state index contributed by atoms with van der Waals surface area (Å²) in [5.41, 5.74) is -0.216. The van der Waals surface area contributed by atoms with Crippen LogP contribution in [-0.2, 0) is 0 Å². The van der Waals surface area contributed by atoms with Crippen LogP contribution in [0.1, 0.15) is 10.5 Å². The Hall–Kier alpha value is -2.50. The second kappa shape index (κ2) is 4.56. The third-order valence-corrected chi connectivity index (χ3v) is 1.89. The second-order valence-corrected chi connectivity index (χ2v) is 3.06. The van der Waals surface area contributed by atoms with Crippen molar-refractivity contribution in [3.63, 3.8) is 0 Å². The van der Waals surface area contributed by atoms with E-state index in [1.165, 1.54) is 30.5 Å². The average Bonchev–Trinajstić information content (AvgIpc) is 2.32. The maximum Gasteiger partial charge on any atom is 0.354 e. The van der Waals surface area contributed by atoms with Crippen molar-refractivity contribution in [2.24, 2.45) is 0 Å². The summed E-state index contributed by atoms with van der Waals surface area (Å²) in [6.07, 6.45) is 1.23. The number of ether oxygens (including phenoxy) is 1. The molecule has 1 N–H and O–H groups in total. The topological polar surface area (TPSA) is 72.3 Å². The van der Waals surface area contributed by atoms with Crippen LogP contribution in [-0.4, -0.2) is 21.0 Å². The van der Waals surface area contributed by atoms with Crippen LogP contribution in [0.4, 0.5) is 4.39 Å². The van der Waals surface area contributed by atoms with E-state index < -0.39 is 11.8 Å². The monoisotopic (exact) mass is 234 g/mol. The first-order chi connectivity index (χ1) is 8.16. The van der Waals surface area contributed by atoms with Crippen LogP contribution in [0.5, 0.6) is 11.8 Å². The van der Waals surface area contributed by atoms with Gasteiger partial charge in [0.1, 0.15) is 0 Å². The molecule has 0 bridgehead atoms. The molecule has 0 spiro atoms. The number of carboxylic acids is 1. The average molecular weight is 234 g/mol. The van der Waals surface area contributed by atoms with Gasteiger partial charge in [-0.1, -0.05) is 12.1 Å². The van der Waals surface area contributed by atoms with Crippen LogP contribution in [0, 0.1) is 5.82 Å². The second-order valence-electron chi connectivity index (χ2n) is 3.06. The van der Waals surface area contributed by atoms with Crippen LogP contribution >= 0.6 is 0 Å². The van der Waals surface area contributed by atoms with Crippen molar-refractivity contribution in [3.05, 3.63) is 48.0 Å². The SMILES string of the molecule is O=C(O)c1ccnc(Oc2ccccc2F)n1. The Kier molecular flexibility index (Phi) is 2.95. The van der Waals surface area contributed by atoms with Gasteiger partial charge in [-0.05, 0) is 18.2 Å². The molecule has 0 saturated carbocycles. The molecule has 2 aromatic rings. The number of carbonyl (C=O) groups is 1. The molecule has 0 aliphatic rings. The van der Waals surface area contributed by atoms with Crippen molar-refractivity contribution in [3.8, 4) is 11.8 Å². The van der Waals surface area contributed by atoms with E-state index in [9.17, 15) is 9.18 Å². The molecule has 0 aliphatic heterocycles. The van der Waals surface area contributed by atoms with E-state index in [0.717, 1.165) is 0 Å². The summed E-state index contributed by atoms with van der Waals surface area (Å²) in [7, 11) is 0. The van der Waals surface area contributed by atoms with Gasteiger partial charge in [0.25, 0.3) is 0 Å². The first kappa shape index (κ1) is 11.0. The van der Waals surface area contributed by atoms with Gasteiger partial charge in [0, 0.05) is 6.20 Å². The Morgan fingerprint density at radius 3 is 2.76 bits per heavy atom. The molecule has 2 rings (SSSR count). The fourth-order valence-electron chi connectivity index (χ4n) is 1.13. The third kappa shape index (κ3) is 2.54. The lowest BCUT2D eigenvalue weighted by Crippen LogP contribution is -2.02. The van der Waals surface area contributed by atoms with E-state index in [-0.39, 0.29) is 17.5 Å². The highest BCUT2D eigenvalue weighted by molar-refractivity contribution is 5.85. The predicted molar refractivity (Wildman–Crippen MR) is 55.5 cm³/mol. The third-order valence-electron chi connectivity index (χ3n) is 1.89. The maximum atomic E-state index is 13.2. The molecule has 0 radical (unpaired) electrons. The van der Waals surface area contributed by atoms with Crippen molar-refractivity contribution in [1.82, 2.24) is 9.97 Å². The Bertz CT molecular complexity index is 560. The molecular formula is C11H7FN2O3. The fraction of sp³-hybridized carbons (Fsp3) is 0. The number of nitrogens with zero attached hydrogens (tertiary/aromatic N) is 2. The molecule has 0 fully saturated rings. The van der Waals surface area contributed by atoms with Crippen molar-refractivity contribution in [1.29, 1.82) is 0 Å². The highest BCUT2D eigenvalue weighted by Crippen LogP contribution is 2.20. The Morgan fingerprint density at radius 2 is 2.06 bits per heavy atom. The van der Waals surface area contributed by atoms with Gasteiger partial charge in [0.15, 0.2) is 17.3 Å². The zero-order chi connectivity index (χ0) is 12.3. The van der Waals surface area contributed by atoms with E-state index in [1.807, 2.05) is 0 Å². The molecule has 0 aliphatic carbocycles. The van der Waals surface area contributed by atoms with E-state index >= 15 is 0 Å². The number of rotatable bonds is 3. The number of para-hydroxylation sites is 1. The maximum absolute atomic E-state index is 13.2. The number of hydrogen-bond acceptors (Lipinski definition) is 4. The van der Waals surface area contributed by atoms with Crippen molar-refractivity contribution in [2.45, 2.75) is 0 Å². The summed E-state index contributed by atoms with van der Waals surface area (Å²) in [6.45, 7) is 0. The minimum Gasteiger partial charge on any atom is -0.477 e. The standard InChI is InChI=1S/C11H7FN2O3/c12-7-3-1-2-4-9(7)17-11-13-6-5-8(14-11)10(15)16/h1-6H,(H,15,16). The lowest BCUT2D eigenvalue weighted by atomic mass is 10.3. The van der Waals surface area contributed by atoms with Gasteiger partial charge in [-0.25, -0.2) is 14.2 Å². The summed E-state index contributed by atoms with van der Waals surface area (Å²) in [6, 6.07) is 6.71. The van der Waals surface area contributed by atoms with Gasteiger partial charge in [0.05, 0.1) is 0 Å². The molecule has 5 nitrogen and oxygen atoms in total. The van der Waals surface area contributed by atoms with Gasteiger partial charge < -0.3 is 9.84 Å². The van der Waals surface area contributed by atoms with Crippen LogP contribution < -0.4 is 4.74 Å². The lowest BCUT2D eigenvalue weighted by Gasteiger charge is -2.04. The van der Waals surface area contributed by atoms with Gasteiger partial charge >= 0.3 is 12.0 Å². The molecule has 6 heteroatoms. The normalized spacial score (nSPS) is 9.94. The highest BCUT2D eigenvalue weighted by Gasteiger charge is 2.09. The first-order valence-corrected chi connectivity index (χ1v) is 4.65. The minimum absolute atomic E-state index is 0.0601. The van der Waals surface area contributed by atoms with Crippen molar-refractivity contribution >= 4 is 5.97 Å². The molecule has 17 heavy (non-hydrogen) atoms. The summed E-state index contributed by atoms with van der Waals surface area (Å²) in [5.74, 6) is -1.84. The minimum atomic E-state index is -1.20. The van der Waals surface area contributed by atoms with Crippen LogP contribution in [0.2, 0.25) is 0 Å². The molecule has 0 amide bonds. The Balaban J connectivity index is 2.28. The van der Waals surface area contributed by atoms with Gasteiger partial charge in [0.2, 0.25) is 0 Å². The van der Waals surface area contributed by atoms with E-state index in [0.29, 0.717) is 0 Å². The van der Waals surface area contributed by atoms with Crippen molar-refractivity contribution in [2.75, 3.05) is 0 Å². The summed E-state index contributed by atoms with van der Waals surface area (Å²) in [5, 5.41) is 8.71. The number of carboxylic acid groups (broad SMARTS) is 1. The molecule has 0 unspecified atom stereocenters. The molecular weight excluding hydrogens is 227 g/mol. The predicted octanol–water partition coefficient (Wildman–Crippen LogP) is 2.11. The van der Waals surface area contributed by atoms with E-state index in [1.54, 1.807) is 6.07 Å². The first-order valence-electron chi connectivity index (χ1n) is 4.65. The van der Waals surface area contributed by atoms with Crippen LogP contribution in [0.25, 0.3) is 0 Å². The Morgan fingerprint density at radius 1 is 1.29 bits per heavy atom. The lowest BCUT2D eigenvalue weighted by molar-refractivity contribution is 0.0689. The molecule has 0 atom stereocenters. The fourth-order valence-corrected chi connectivity index (χ4v) is 1.13. The highest BCUT2D eigenvalue weighted by atomic mass is 19.1. The summed E-state index contributed by atoms with van der Waals surface area (Å²) < 4.78 is 18.3. The number of benzene rings is 1. The molecule has 1 aromatic carbocycles. The Labute approximate surface area is 95.5 Å². The van der Waals surface area contributed by atoms with Crippen LogP contribution in [0.3, 0.4) is 0 Å².